The Morgan fingerprint density at radius 1 is 1.57 bits per heavy atom. The highest BCUT2D eigenvalue weighted by Gasteiger charge is 2.19. The zero-order valence-electron chi connectivity index (χ0n) is 9.54. The smallest absolute Gasteiger partial charge is 0.0622 e. The molecule has 3 nitrogen and oxygen atoms in total. The van der Waals surface area contributed by atoms with Crippen LogP contribution in [-0.4, -0.2) is 44.3 Å². The largest absolute Gasteiger partial charge is 0.380 e. The van der Waals surface area contributed by atoms with Gasteiger partial charge in [-0.15, -0.1) is 0 Å². The van der Waals surface area contributed by atoms with Gasteiger partial charge in [-0.25, -0.2) is 0 Å². The summed E-state index contributed by atoms with van der Waals surface area (Å²) in [6.07, 6.45) is 3.70. The van der Waals surface area contributed by atoms with Crippen molar-refractivity contribution in [2.45, 2.75) is 32.2 Å². The van der Waals surface area contributed by atoms with Crippen LogP contribution >= 0.6 is 0 Å². The van der Waals surface area contributed by atoms with Crippen molar-refractivity contribution in [1.82, 2.24) is 4.90 Å². The van der Waals surface area contributed by atoms with Crippen molar-refractivity contribution < 1.29 is 4.74 Å². The zero-order chi connectivity index (χ0) is 10.4. The monoisotopic (exact) mass is 200 g/mol. The van der Waals surface area contributed by atoms with Gasteiger partial charge in [-0.2, -0.15) is 0 Å². The molecule has 84 valence electrons. The predicted octanol–water partition coefficient (Wildman–Crippen LogP) is 1.08. The molecule has 1 aliphatic rings. The molecule has 14 heavy (non-hydrogen) atoms. The topological polar surface area (TPSA) is 38.5 Å². The van der Waals surface area contributed by atoms with E-state index in [0.29, 0.717) is 12.0 Å². The van der Waals surface area contributed by atoms with Gasteiger partial charge < -0.3 is 15.4 Å². The summed E-state index contributed by atoms with van der Waals surface area (Å²) in [6, 6.07) is 0.656. The third-order valence-electron chi connectivity index (χ3n) is 3.14. The fourth-order valence-corrected chi connectivity index (χ4v) is 1.86. The minimum absolute atomic E-state index is 0.656. The molecular weight excluding hydrogens is 176 g/mol. The molecule has 0 aromatic heterocycles. The van der Waals surface area contributed by atoms with Crippen LogP contribution in [0.3, 0.4) is 0 Å². The predicted molar refractivity (Wildman–Crippen MR) is 59.3 cm³/mol. The fraction of sp³-hybridized carbons (Fsp3) is 1.00. The van der Waals surface area contributed by atoms with E-state index in [1.807, 2.05) is 0 Å². The van der Waals surface area contributed by atoms with Crippen molar-refractivity contribution in [3.8, 4) is 0 Å². The van der Waals surface area contributed by atoms with Gasteiger partial charge in [-0.05, 0) is 45.3 Å². The lowest BCUT2D eigenvalue weighted by Gasteiger charge is -2.23. The Bertz CT molecular complexity index is 146. The SMILES string of the molecule is CC(CN)CCCN(C)C1CCOC1. The Balaban J connectivity index is 2.05. The van der Waals surface area contributed by atoms with Gasteiger partial charge in [-0.3, -0.25) is 0 Å². The molecule has 1 aliphatic heterocycles. The van der Waals surface area contributed by atoms with Crippen molar-refractivity contribution in [3.63, 3.8) is 0 Å². The van der Waals surface area contributed by atoms with Gasteiger partial charge in [0.1, 0.15) is 0 Å². The average Bonchev–Trinajstić information content (AvgIpc) is 2.70. The lowest BCUT2D eigenvalue weighted by molar-refractivity contribution is 0.157. The minimum atomic E-state index is 0.656. The second-order valence-electron chi connectivity index (χ2n) is 4.48. The zero-order valence-corrected chi connectivity index (χ0v) is 9.54. The van der Waals surface area contributed by atoms with Gasteiger partial charge in [0, 0.05) is 12.6 Å². The highest BCUT2D eigenvalue weighted by molar-refractivity contribution is 4.72. The van der Waals surface area contributed by atoms with E-state index in [9.17, 15) is 0 Å². The number of hydrogen-bond donors (Lipinski definition) is 1. The van der Waals surface area contributed by atoms with Crippen LogP contribution in [0.1, 0.15) is 26.2 Å². The first kappa shape index (κ1) is 12.0. The van der Waals surface area contributed by atoms with Gasteiger partial charge in [0.05, 0.1) is 6.61 Å². The summed E-state index contributed by atoms with van der Waals surface area (Å²) in [6.45, 7) is 6.07. The van der Waals surface area contributed by atoms with Crippen molar-refractivity contribution in [2.24, 2.45) is 11.7 Å². The van der Waals surface area contributed by atoms with Crippen LogP contribution in [0.5, 0.6) is 0 Å². The van der Waals surface area contributed by atoms with Gasteiger partial charge in [0.15, 0.2) is 0 Å². The van der Waals surface area contributed by atoms with E-state index in [1.54, 1.807) is 0 Å². The molecule has 0 amide bonds. The van der Waals surface area contributed by atoms with E-state index in [0.717, 1.165) is 19.8 Å². The standard InChI is InChI=1S/C11H24N2O/c1-10(8-12)4-3-6-13(2)11-5-7-14-9-11/h10-11H,3-9,12H2,1-2H3. The van der Waals surface area contributed by atoms with Crippen LogP contribution in [-0.2, 0) is 4.74 Å². The molecule has 0 spiro atoms. The molecule has 3 heteroatoms. The molecule has 0 radical (unpaired) electrons. The molecule has 1 heterocycles. The highest BCUT2D eigenvalue weighted by atomic mass is 16.5. The summed E-state index contributed by atoms with van der Waals surface area (Å²) in [4.78, 5) is 2.43. The fourth-order valence-electron chi connectivity index (χ4n) is 1.86. The summed E-state index contributed by atoms with van der Waals surface area (Å²) < 4.78 is 5.37. The maximum Gasteiger partial charge on any atom is 0.0622 e. The quantitative estimate of drug-likeness (QED) is 0.697. The molecule has 0 bridgehead atoms. The van der Waals surface area contributed by atoms with Crippen LogP contribution in [0.4, 0.5) is 0 Å². The van der Waals surface area contributed by atoms with E-state index in [1.165, 1.54) is 25.8 Å². The van der Waals surface area contributed by atoms with Gasteiger partial charge >= 0.3 is 0 Å². The van der Waals surface area contributed by atoms with Crippen LogP contribution < -0.4 is 5.73 Å². The maximum absolute atomic E-state index is 5.58. The van der Waals surface area contributed by atoms with E-state index >= 15 is 0 Å². The second kappa shape index (κ2) is 6.38. The first-order valence-corrected chi connectivity index (χ1v) is 5.72. The third kappa shape index (κ3) is 3.95. The average molecular weight is 200 g/mol. The molecule has 1 saturated heterocycles. The number of hydrogen-bond acceptors (Lipinski definition) is 3. The Hall–Kier alpha value is -0.120. The van der Waals surface area contributed by atoms with Crippen molar-refractivity contribution in [3.05, 3.63) is 0 Å². The number of nitrogens with zero attached hydrogens (tertiary/aromatic N) is 1. The van der Waals surface area contributed by atoms with E-state index in [-0.39, 0.29) is 0 Å². The molecular formula is C11H24N2O. The molecule has 0 aliphatic carbocycles. The molecule has 0 saturated carbocycles. The first-order chi connectivity index (χ1) is 6.74. The number of rotatable bonds is 6. The first-order valence-electron chi connectivity index (χ1n) is 5.72. The second-order valence-corrected chi connectivity index (χ2v) is 4.48. The van der Waals surface area contributed by atoms with E-state index < -0.39 is 0 Å². The lowest BCUT2D eigenvalue weighted by atomic mass is 10.1. The van der Waals surface area contributed by atoms with Crippen LogP contribution in [0, 0.1) is 5.92 Å². The molecule has 0 aromatic rings. The summed E-state index contributed by atoms with van der Waals surface area (Å²) in [7, 11) is 2.20. The molecule has 2 atom stereocenters. The van der Waals surface area contributed by atoms with Crippen molar-refractivity contribution >= 4 is 0 Å². The van der Waals surface area contributed by atoms with Crippen LogP contribution in [0.25, 0.3) is 0 Å². The van der Waals surface area contributed by atoms with E-state index in [2.05, 4.69) is 18.9 Å². The molecule has 2 unspecified atom stereocenters. The summed E-state index contributed by atoms with van der Waals surface area (Å²) in [5.74, 6) is 0.670. The molecule has 1 rings (SSSR count). The summed E-state index contributed by atoms with van der Waals surface area (Å²) in [5, 5.41) is 0. The Kier molecular flexibility index (Phi) is 5.45. The Labute approximate surface area is 87.6 Å². The molecule has 2 N–H and O–H groups in total. The number of likely N-dealkylation sites (N-methyl/N-ethyl adjacent to an activating group) is 1. The highest BCUT2D eigenvalue weighted by Crippen LogP contribution is 2.12. The van der Waals surface area contributed by atoms with Crippen molar-refractivity contribution in [1.29, 1.82) is 0 Å². The summed E-state index contributed by atoms with van der Waals surface area (Å²) >= 11 is 0. The summed E-state index contributed by atoms with van der Waals surface area (Å²) in [5.41, 5.74) is 5.58. The molecule has 1 fully saturated rings. The van der Waals surface area contributed by atoms with E-state index in [4.69, 9.17) is 10.5 Å². The van der Waals surface area contributed by atoms with Gasteiger partial charge in [0.25, 0.3) is 0 Å². The number of nitrogens with two attached hydrogens (primary N) is 1. The van der Waals surface area contributed by atoms with Crippen LogP contribution in [0.2, 0.25) is 0 Å². The van der Waals surface area contributed by atoms with Crippen molar-refractivity contribution in [2.75, 3.05) is 33.4 Å². The maximum atomic E-state index is 5.58. The Morgan fingerprint density at radius 2 is 2.36 bits per heavy atom. The minimum Gasteiger partial charge on any atom is -0.380 e. The van der Waals surface area contributed by atoms with Gasteiger partial charge in [0.2, 0.25) is 0 Å². The number of ether oxygens (including phenoxy) is 1. The van der Waals surface area contributed by atoms with Gasteiger partial charge in [-0.1, -0.05) is 6.92 Å². The Morgan fingerprint density at radius 3 is 2.93 bits per heavy atom. The normalized spacial score (nSPS) is 24.4. The van der Waals surface area contributed by atoms with Crippen LogP contribution in [0.15, 0.2) is 0 Å². The third-order valence-corrected chi connectivity index (χ3v) is 3.14. The lowest BCUT2D eigenvalue weighted by Crippen LogP contribution is -2.33. The molecule has 0 aromatic carbocycles.